The van der Waals surface area contributed by atoms with Crippen molar-refractivity contribution in [1.29, 1.82) is 0 Å². The van der Waals surface area contributed by atoms with E-state index in [-0.39, 0.29) is 12.1 Å². The first-order valence-electron chi connectivity index (χ1n) is 6.07. The van der Waals surface area contributed by atoms with Gasteiger partial charge >= 0.3 is 0 Å². The molecule has 2 aromatic rings. The van der Waals surface area contributed by atoms with Crippen LogP contribution in [0.1, 0.15) is 30.3 Å². The van der Waals surface area contributed by atoms with Crippen molar-refractivity contribution in [2.24, 2.45) is 5.84 Å². The Morgan fingerprint density at radius 1 is 1.32 bits per heavy atom. The maximum absolute atomic E-state index is 6.17. The summed E-state index contributed by atoms with van der Waals surface area (Å²) < 4.78 is 5.70. The molecule has 102 valence electrons. The Kier molecular flexibility index (Phi) is 4.82. The van der Waals surface area contributed by atoms with Crippen molar-refractivity contribution < 1.29 is 4.74 Å². The first-order chi connectivity index (χ1) is 9.11. The minimum atomic E-state index is -0.122. The number of hydrogen-bond donors (Lipinski definition) is 2. The first-order valence-corrected chi connectivity index (χ1v) is 7.33. The highest BCUT2D eigenvalue weighted by Crippen LogP contribution is 2.33. The Labute approximate surface area is 122 Å². The normalized spacial score (nSPS) is 12.7. The second-order valence-corrected chi connectivity index (χ2v) is 5.83. The number of halogens is 1. The monoisotopic (exact) mass is 296 g/mol. The zero-order chi connectivity index (χ0) is 13.8. The third kappa shape index (κ3) is 3.48. The van der Waals surface area contributed by atoms with Gasteiger partial charge in [-0.15, -0.1) is 11.3 Å². The number of ether oxygens (including phenoxy) is 1. The largest absolute Gasteiger partial charge is 0.491 e. The van der Waals surface area contributed by atoms with Crippen molar-refractivity contribution in [3.05, 3.63) is 51.2 Å². The summed E-state index contributed by atoms with van der Waals surface area (Å²) >= 11 is 7.75. The zero-order valence-corrected chi connectivity index (χ0v) is 12.5. The summed E-state index contributed by atoms with van der Waals surface area (Å²) in [7, 11) is 0. The molecule has 0 fully saturated rings. The number of benzene rings is 1. The van der Waals surface area contributed by atoms with E-state index in [1.165, 1.54) is 0 Å². The van der Waals surface area contributed by atoms with Gasteiger partial charge in [0.1, 0.15) is 5.75 Å². The fourth-order valence-electron chi connectivity index (χ4n) is 1.87. The predicted molar refractivity (Wildman–Crippen MR) is 80.7 cm³/mol. The Morgan fingerprint density at radius 3 is 2.68 bits per heavy atom. The van der Waals surface area contributed by atoms with E-state index in [0.29, 0.717) is 0 Å². The molecular formula is C14H17ClN2OS. The second kappa shape index (κ2) is 6.39. The van der Waals surface area contributed by atoms with E-state index >= 15 is 0 Å². The van der Waals surface area contributed by atoms with E-state index in [1.807, 2.05) is 49.6 Å². The highest BCUT2D eigenvalue weighted by molar-refractivity contribution is 7.10. The number of hydrazine groups is 1. The average molecular weight is 297 g/mol. The molecule has 0 saturated carbocycles. The van der Waals surface area contributed by atoms with Crippen molar-refractivity contribution in [2.75, 3.05) is 0 Å². The lowest BCUT2D eigenvalue weighted by molar-refractivity contribution is 0.242. The van der Waals surface area contributed by atoms with E-state index < -0.39 is 0 Å². The molecule has 3 nitrogen and oxygen atoms in total. The van der Waals surface area contributed by atoms with Gasteiger partial charge in [-0.1, -0.05) is 23.7 Å². The quantitative estimate of drug-likeness (QED) is 0.653. The fraction of sp³-hybridized carbons (Fsp3) is 0.286. The summed E-state index contributed by atoms with van der Waals surface area (Å²) in [6, 6.07) is 9.64. The van der Waals surface area contributed by atoms with Crippen LogP contribution in [0.4, 0.5) is 0 Å². The molecule has 19 heavy (non-hydrogen) atoms. The van der Waals surface area contributed by atoms with Gasteiger partial charge in [0.25, 0.3) is 0 Å². The van der Waals surface area contributed by atoms with Crippen LogP contribution in [-0.4, -0.2) is 6.10 Å². The van der Waals surface area contributed by atoms with Gasteiger partial charge in [-0.2, -0.15) is 0 Å². The summed E-state index contributed by atoms with van der Waals surface area (Å²) in [4.78, 5) is 1.01. The molecule has 1 unspecified atom stereocenters. The third-order valence-corrected chi connectivity index (χ3v) is 4.06. The van der Waals surface area contributed by atoms with Gasteiger partial charge < -0.3 is 4.74 Å². The SMILES string of the molecule is CC(C)Oc1cccc(C(NN)c2sccc2Cl)c1. The van der Waals surface area contributed by atoms with Crippen LogP contribution >= 0.6 is 22.9 Å². The molecule has 0 amide bonds. The van der Waals surface area contributed by atoms with E-state index in [9.17, 15) is 0 Å². The van der Waals surface area contributed by atoms with Gasteiger partial charge in [-0.05, 0) is 43.0 Å². The van der Waals surface area contributed by atoms with Gasteiger partial charge in [0.2, 0.25) is 0 Å². The molecular weight excluding hydrogens is 280 g/mol. The Morgan fingerprint density at radius 2 is 2.11 bits per heavy atom. The zero-order valence-electron chi connectivity index (χ0n) is 10.9. The third-order valence-electron chi connectivity index (χ3n) is 2.64. The number of nitrogens with two attached hydrogens (primary N) is 1. The van der Waals surface area contributed by atoms with Crippen LogP contribution in [0.15, 0.2) is 35.7 Å². The lowest BCUT2D eigenvalue weighted by Gasteiger charge is -2.17. The van der Waals surface area contributed by atoms with E-state index in [2.05, 4.69) is 5.43 Å². The lowest BCUT2D eigenvalue weighted by atomic mass is 10.1. The molecule has 0 spiro atoms. The van der Waals surface area contributed by atoms with Gasteiger partial charge in [-0.3, -0.25) is 5.84 Å². The van der Waals surface area contributed by atoms with Crippen molar-refractivity contribution in [2.45, 2.75) is 26.0 Å². The van der Waals surface area contributed by atoms with Gasteiger partial charge in [0.15, 0.2) is 0 Å². The maximum Gasteiger partial charge on any atom is 0.120 e. The average Bonchev–Trinajstić information content (AvgIpc) is 2.77. The van der Waals surface area contributed by atoms with Crippen molar-refractivity contribution >= 4 is 22.9 Å². The van der Waals surface area contributed by atoms with E-state index in [4.69, 9.17) is 22.2 Å². The highest BCUT2D eigenvalue weighted by Gasteiger charge is 2.17. The van der Waals surface area contributed by atoms with Crippen LogP contribution < -0.4 is 16.0 Å². The van der Waals surface area contributed by atoms with Crippen LogP contribution in [0.2, 0.25) is 5.02 Å². The van der Waals surface area contributed by atoms with Crippen LogP contribution in [0.25, 0.3) is 0 Å². The predicted octanol–water partition coefficient (Wildman–Crippen LogP) is 3.74. The molecule has 2 rings (SSSR count). The fourth-order valence-corrected chi connectivity index (χ4v) is 3.13. The van der Waals surface area contributed by atoms with Crippen LogP contribution in [-0.2, 0) is 0 Å². The number of thiophene rings is 1. The summed E-state index contributed by atoms with van der Waals surface area (Å²) in [5.41, 5.74) is 3.84. The summed E-state index contributed by atoms with van der Waals surface area (Å²) in [6.45, 7) is 4.00. The van der Waals surface area contributed by atoms with Crippen LogP contribution in [0.3, 0.4) is 0 Å². The summed E-state index contributed by atoms with van der Waals surface area (Å²) in [5, 5.41) is 2.68. The summed E-state index contributed by atoms with van der Waals surface area (Å²) in [6.07, 6.45) is 0.143. The minimum Gasteiger partial charge on any atom is -0.491 e. The molecule has 1 atom stereocenters. The molecule has 0 aliphatic carbocycles. The molecule has 5 heteroatoms. The Hall–Kier alpha value is -1.07. The Balaban J connectivity index is 2.31. The minimum absolute atomic E-state index is 0.122. The van der Waals surface area contributed by atoms with Gasteiger partial charge in [-0.25, -0.2) is 5.43 Å². The molecule has 3 N–H and O–H groups in total. The van der Waals surface area contributed by atoms with E-state index in [1.54, 1.807) is 11.3 Å². The van der Waals surface area contributed by atoms with Crippen LogP contribution in [0.5, 0.6) is 5.75 Å². The van der Waals surface area contributed by atoms with Crippen molar-refractivity contribution in [1.82, 2.24) is 5.43 Å². The van der Waals surface area contributed by atoms with Crippen molar-refractivity contribution in [3.63, 3.8) is 0 Å². The van der Waals surface area contributed by atoms with E-state index in [0.717, 1.165) is 21.2 Å². The standard InChI is InChI=1S/C14H17ClN2OS/c1-9(2)18-11-5-3-4-10(8-11)13(17-16)14-12(15)6-7-19-14/h3-9,13,17H,16H2,1-2H3. The van der Waals surface area contributed by atoms with Crippen molar-refractivity contribution in [3.8, 4) is 5.75 Å². The number of hydrogen-bond acceptors (Lipinski definition) is 4. The summed E-state index contributed by atoms with van der Waals surface area (Å²) in [5.74, 6) is 6.51. The molecule has 0 aliphatic heterocycles. The van der Waals surface area contributed by atoms with Gasteiger partial charge in [0, 0.05) is 4.88 Å². The topological polar surface area (TPSA) is 47.3 Å². The second-order valence-electron chi connectivity index (χ2n) is 4.47. The molecule has 1 heterocycles. The molecule has 0 saturated heterocycles. The van der Waals surface area contributed by atoms with Gasteiger partial charge in [0.05, 0.1) is 17.2 Å². The molecule has 0 bridgehead atoms. The Bertz CT molecular complexity index is 542. The first kappa shape index (κ1) is 14.3. The number of nitrogens with one attached hydrogen (secondary N) is 1. The molecule has 1 aromatic carbocycles. The number of rotatable bonds is 5. The maximum atomic E-state index is 6.17. The molecule has 1 aromatic heterocycles. The smallest absolute Gasteiger partial charge is 0.120 e. The van der Waals surface area contributed by atoms with Crippen LogP contribution in [0, 0.1) is 0 Å². The molecule has 0 radical (unpaired) electrons. The highest BCUT2D eigenvalue weighted by atomic mass is 35.5. The molecule has 0 aliphatic rings. The lowest BCUT2D eigenvalue weighted by Crippen LogP contribution is -2.28.